The summed E-state index contributed by atoms with van der Waals surface area (Å²) in [7, 11) is 1.60. The molecule has 0 aliphatic rings. The number of hydrogen-bond acceptors (Lipinski definition) is 4. The highest BCUT2D eigenvalue weighted by atomic mass is 32.1. The second-order valence-corrected chi connectivity index (χ2v) is 6.32. The summed E-state index contributed by atoms with van der Waals surface area (Å²) in [5, 5.41) is 4.82. The number of methoxy groups -OCH3 is 1. The first-order chi connectivity index (χ1) is 11.6. The van der Waals surface area contributed by atoms with E-state index in [1.54, 1.807) is 23.3 Å². The van der Waals surface area contributed by atoms with E-state index in [0.717, 1.165) is 16.2 Å². The van der Waals surface area contributed by atoms with Gasteiger partial charge in [0, 0.05) is 11.4 Å². The van der Waals surface area contributed by atoms with Crippen LogP contribution in [0, 0.1) is 0 Å². The zero-order chi connectivity index (χ0) is 17.4. The molecule has 1 aromatic carbocycles. The Bertz CT molecular complexity index is 653. The number of carbonyl (C=O) groups excluding carboxylic acids is 2. The molecule has 0 aliphatic heterocycles. The molecule has 1 aromatic heterocycles. The van der Waals surface area contributed by atoms with Crippen LogP contribution in [-0.2, 0) is 22.6 Å². The van der Waals surface area contributed by atoms with Gasteiger partial charge >= 0.3 is 0 Å². The maximum absolute atomic E-state index is 12.4. The van der Waals surface area contributed by atoms with Crippen LogP contribution >= 0.6 is 11.3 Å². The molecule has 0 radical (unpaired) electrons. The number of amides is 2. The number of benzene rings is 1. The maximum atomic E-state index is 12.4. The molecule has 6 heteroatoms. The molecule has 0 unspecified atom stereocenters. The summed E-state index contributed by atoms with van der Waals surface area (Å²) < 4.78 is 5.11. The van der Waals surface area contributed by atoms with E-state index in [-0.39, 0.29) is 24.8 Å². The smallest absolute Gasteiger partial charge is 0.239 e. The second kappa shape index (κ2) is 9.08. The zero-order valence-electron chi connectivity index (χ0n) is 14.0. The Morgan fingerprint density at radius 3 is 2.54 bits per heavy atom. The zero-order valence-corrected chi connectivity index (χ0v) is 14.8. The van der Waals surface area contributed by atoms with Crippen molar-refractivity contribution < 1.29 is 14.3 Å². The topological polar surface area (TPSA) is 58.6 Å². The van der Waals surface area contributed by atoms with Crippen molar-refractivity contribution in [3.8, 4) is 5.75 Å². The van der Waals surface area contributed by atoms with Crippen LogP contribution in [0.5, 0.6) is 5.75 Å². The first kappa shape index (κ1) is 18.0. The normalized spacial score (nSPS) is 10.2. The summed E-state index contributed by atoms with van der Waals surface area (Å²) in [6.45, 7) is 2.96. The number of rotatable bonds is 8. The van der Waals surface area contributed by atoms with Gasteiger partial charge in [0.15, 0.2) is 0 Å². The molecule has 2 rings (SSSR count). The van der Waals surface area contributed by atoms with Crippen molar-refractivity contribution in [1.29, 1.82) is 0 Å². The highest BCUT2D eigenvalue weighted by molar-refractivity contribution is 7.09. The van der Waals surface area contributed by atoms with Crippen LogP contribution < -0.4 is 10.1 Å². The molecule has 2 aromatic rings. The third-order valence-corrected chi connectivity index (χ3v) is 4.50. The number of hydrogen-bond donors (Lipinski definition) is 1. The number of carbonyl (C=O) groups is 2. The van der Waals surface area contributed by atoms with Crippen LogP contribution in [0.3, 0.4) is 0 Å². The second-order valence-electron chi connectivity index (χ2n) is 5.29. The summed E-state index contributed by atoms with van der Waals surface area (Å²) in [6, 6.07) is 11.3. The standard InChI is InChI=1S/C18H22N2O3S/c1-3-20(13-17(21)19-12-16-5-4-10-24-16)18(22)11-14-6-8-15(23-2)9-7-14/h4-10H,3,11-13H2,1-2H3,(H,19,21). The molecule has 0 saturated carbocycles. The van der Waals surface area contributed by atoms with Gasteiger partial charge in [0.1, 0.15) is 5.75 Å². The summed E-state index contributed by atoms with van der Waals surface area (Å²) in [6.07, 6.45) is 0.274. The number of nitrogens with one attached hydrogen (secondary N) is 1. The van der Waals surface area contributed by atoms with Crippen molar-refractivity contribution in [2.75, 3.05) is 20.2 Å². The average molecular weight is 346 g/mol. The van der Waals surface area contributed by atoms with Gasteiger partial charge in [0.05, 0.1) is 26.6 Å². The van der Waals surface area contributed by atoms with Crippen molar-refractivity contribution in [3.05, 3.63) is 52.2 Å². The van der Waals surface area contributed by atoms with Crippen LogP contribution in [0.2, 0.25) is 0 Å². The van der Waals surface area contributed by atoms with Crippen LogP contribution in [-0.4, -0.2) is 36.9 Å². The molecular formula is C18H22N2O3S. The van der Waals surface area contributed by atoms with Gasteiger partial charge in [0.25, 0.3) is 0 Å². The SMILES string of the molecule is CCN(CC(=O)NCc1cccs1)C(=O)Cc1ccc(OC)cc1. The third-order valence-electron chi connectivity index (χ3n) is 3.62. The fraction of sp³-hybridized carbons (Fsp3) is 0.333. The monoisotopic (exact) mass is 346 g/mol. The largest absolute Gasteiger partial charge is 0.497 e. The molecule has 128 valence electrons. The van der Waals surface area contributed by atoms with Crippen molar-refractivity contribution >= 4 is 23.2 Å². The first-order valence-electron chi connectivity index (χ1n) is 7.82. The van der Waals surface area contributed by atoms with E-state index >= 15 is 0 Å². The van der Waals surface area contributed by atoms with Gasteiger partial charge in [-0.15, -0.1) is 11.3 Å². The Balaban J connectivity index is 1.84. The van der Waals surface area contributed by atoms with E-state index < -0.39 is 0 Å². The van der Waals surface area contributed by atoms with E-state index in [4.69, 9.17) is 4.74 Å². The summed E-state index contributed by atoms with van der Waals surface area (Å²) in [5.74, 6) is 0.550. The Morgan fingerprint density at radius 2 is 1.96 bits per heavy atom. The predicted molar refractivity (Wildman–Crippen MR) is 95.1 cm³/mol. The molecule has 2 amide bonds. The lowest BCUT2D eigenvalue weighted by atomic mass is 10.1. The van der Waals surface area contributed by atoms with Crippen LogP contribution in [0.25, 0.3) is 0 Å². The fourth-order valence-electron chi connectivity index (χ4n) is 2.23. The van der Waals surface area contributed by atoms with Crippen LogP contribution in [0.15, 0.2) is 41.8 Å². The van der Waals surface area contributed by atoms with Gasteiger partial charge in [-0.3, -0.25) is 9.59 Å². The maximum Gasteiger partial charge on any atom is 0.239 e. The van der Waals surface area contributed by atoms with Crippen molar-refractivity contribution in [3.63, 3.8) is 0 Å². The van der Waals surface area contributed by atoms with Crippen molar-refractivity contribution in [2.24, 2.45) is 0 Å². The number of nitrogens with zero attached hydrogens (tertiary/aromatic N) is 1. The lowest BCUT2D eigenvalue weighted by Gasteiger charge is -2.20. The molecule has 0 spiro atoms. The van der Waals surface area contributed by atoms with Gasteiger partial charge in [-0.1, -0.05) is 18.2 Å². The van der Waals surface area contributed by atoms with Crippen molar-refractivity contribution in [1.82, 2.24) is 10.2 Å². The Hall–Kier alpha value is -2.34. The minimum absolute atomic E-state index is 0.0612. The Kier molecular flexibility index (Phi) is 6.81. The first-order valence-corrected chi connectivity index (χ1v) is 8.70. The molecule has 0 aliphatic carbocycles. The number of thiophene rings is 1. The minimum atomic E-state index is -0.145. The highest BCUT2D eigenvalue weighted by Gasteiger charge is 2.16. The van der Waals surface area contributed by atoms with E-state index in [9.17, 15) is 9.59 Å². The fourth-order valence-corrected chi connectivity index (χ4v) is 2.88. The predicted octanol–water partition coefficient (Wildman–Crippen LogP) is 2.46. The number of ether oxygens (including phenoxy) is 1. The van der Waals surface area contributed by atoms with Crippen molar-refractivity contribution in [2.45, 2.75) is 19.9 Å². The minimum Gasteiger partial charge on any atom is -0.497 e. The Labute approximate surface area is 146 Å². The average Bonchev–Trinajstić information content (AvgIpc) is 3.12. The van der Waals surface area contributed by atoms with E-state index in [1.165, 1.54) is 0 Å². The molecule has 5 nitrogen and oxygen atoms in total. The van der Waals surface area contributed by atoms with E-state index in [1.807, 2.05) is 48.7 Å². The highest BCUT2D eigenvalue weighted by Crippen LogP contribution is 2.12. The molecule has 0 atom stereocenters. The molecule has 0 bridgehead atoms. The summed E-state index contributed by atoms with van der Waals surface area (Å²) in [4.78, 5) is 27.1. The molecule has 24 heavy (non-hydrogen) atoms. The quantitative estimate of drug-likeness (QED) is 0.799. The lowest BCUT2D eigenvalue weighted by Crippen LogP contribution is -2.41. The van der Waals surface area contributed by atoms with Gasteiger partial charge in [-0.25, -0.2) is 0 Å². The Morgan fingerprint density at radius 1 is 1.21 bits per heavy atom. The van der Waals surface area contributed by atoms with Crippen LogP contribution in [0.1, 0.15) is 17.4 Å². The van der Waals surface area contributed by atoms with Crippen LogP contribution in [0.4, 0.5) is 0 Å². The van der Waals surface area contributed by atoms with Gasteiger partial charge in [-0.05, 0) is 36.1 Å². The van der Waals surface area contributed by atoms with Gasteiger partial charge < -0.3 is 15.0 Å². The summed E-state index contributed by atoms with van der Waals surface area (Å²) in [5.41, 5.74) is 0.901. The molecule has 1 N–H and O–H groups in total. The van der Waals surface area contributed by atoms with E-state index in [2.05, 4.69) is 5.32 Å². The number of likely N-dealkylation sites (N-methyl/N-ethyl adjacent to an activating group) is 1. The molecule has 0 fully saturated rings. The lowest BCUT2D eigenvalue weighted by molar-refractivity contribution is -0.135. The molecule has 0 saturated heterocycles. The molecule has 1 heterocycles. The third kappa shape index (κ3) is 5.38. The van der Waals surface area contributed by atoms with Gasteiger partial charge in [-0.2, -0.15) is 0 Å². The van der Waals surface area contributed by atoms with E-state index in [0.29, 0.717) is 13.1 Å². The van der Waals surface area contributed by atoms with Gasteiger partial charge in [0.2, 0.25) is 11.8 Å². The molecular weight excluding hydrogens is 324 g/mol. The summed E-state index contributed by atoms with van der Waals surface area (Å²) >= 11 is 1.60.